The lowest BCUT2D eigenvalue weighted by molar-refractivity contribution is -0.137. The number of alkyl halides is 3. The first-order valence-corrected chi connectivity index (χ1v) is 8.87. The van der Waals surface area contributed by atoms with Gasteiger partial charge in [-0.3, -0.25) is 4.79 Å². The van der Waals surface area contributed by atoms with E-state index in [1.807, 2.05) is 0 Å². The molecule has 1 N–H and O–H groups in total. The molecule has 2 aromatic carbocycles. The number of para-hydroxylation sites is 1. The van der Waals surface area contributed by atoms with E-state index in [0.717, 1.165) is 47.7 Å². The van der Waals surface area contributed by atoms with Crippen molar-refractivity contribution in [2.24, 2.45) is 0 Å². The van der Waals surface area contributed by atoms with Crippen LogP contribution < -0.4 is 5.32 Å². The number of thiazole rings is 1. The van der Waals surface area contributed by atoms with E-state index in [-0.39, 0.29) is 26.2 Å². The van der Waals surface area contributed by atoms with E-state index in [2.05, 4.69) is 10.3 Å². The van der Waals surface area contributed by atoms with Crippen molar-refractivity contribution in [3.63, 3.8) is 0 Å². The average Bonchev–Trinajstić information content (AvgIpc) is 2.99. The molecule has 146 valence electrons. The van der Waals surface area contributed by atoms with Crippen molar-refractivity contribution in [3.8, 4) is 10.4 Å². The number of anilines is 1. The van der Waals surface area contributed by atoms with Crippen molar-refractivity contribution in [1.29, 1.82) is 0 Å². The second-order valence-corrected chi connectivity index (χ2v) is 7.08. The Morgan fingerprint density at radius 1 is 1.14 bits per heavy atom. The summed E-state index contributed by atoms with van der Waals surface area (Å²) in [7, 11) is 0. The zero-order chi connectivity index (χ0) is 20.6. The quantitative estimate of drug-likeness (QED) is 0.492. The fraction of sp³-hybridized carbons (Fsp3) is 0.111. The molecule has 0 aliphatic heterocycles. The third kappa shape index (κ3) is 4.00. The SMILES string of the molecule is Cc1nc(C(=O)Nc2c(F)cccc2F)sc1-c1cc(C(F)(F)F)ccc1Cl. The topological polar surface area (TPSA) is 42.0 Å². The van der Waals surface area contributed by atoms with Crippen LogP contribution in [-0.4, -0.2) is 10.9 Å². The second kappa shape index (κ2) is 7.48. The molecule has 0 saturated heterocycles. The highest BCUT2D eigenvalue weighted by Crippen LogP contribution is 2.39. The van der Waals surface area contributed by atoms with Gasteiger partial charge in [-0.1, -0.05) is 17.7 Å². The lowest BCUT2D eigenvalue weighted by Crippen LogP contribution is -2.14. The maximum absolute atomic E-state index is 13.7. The summed E-state index contributed by atoms with van der Waals surface area (Å²) in [5.41, 5.74) is -1.23. The molecule has 0 aliphatic carbocycles. The molecule has 28 heavy (non-hydrogen) atoms. The van der Waals surface area contributed by atoms with E-state index in [4.69, 9.17) is 11.6 Å². The summed E-state index contributed by atoms with van der Waals surface area (Å²) in [5, 5.41) is 1.95. The maximum atomic E-state index is 13.7. The number of carbonyl (C=O) groups is 1. The summed E-state index contributed by atoms with van der Waals surface area (Å²) in [6.45, 7) is 1.49. The van der Waals surface area contributed by atoms with Gasteiger partial charge in [-0.25, -0.2) is 13.8 Å². The number of hydrogen-bond donors (Lipinski definition) is 1. The fourth-order valence-corrected chi connectivity index (χ4v) is 3.66. The van der Waals surface area contributed by atoms with Crippen molar-refractivity contribution in [3.05, 3.63) is 69.3 Å². The molecule has 0 saturated carbocycles. The number of amides is 1. The van der Waals surface area contributed by atoms with Crippen LogP contribution in [0.25, 0.3) is 10.4 Å². The van der Waals surface area contributed by atoms with Crippen molar-refractivity contribution in [1.82, 2.24) is 4.98 Å². The molecule has 0 aliphatic rings. The van der Waals surface area contributed by atoms with Gasteiger partial charge in [-0.2, -0.15) is 13.2 Å². The zero-order valence-corrected chi connectivity index (χ0v) is 15.6. The highest BCUT2D eigenvalue weighted by molar-refractivity contribution is 7.17. The largest absolute Gasteiger partial charge is 0.416 e. The second-order valence-electron chi connectivity index (χ2n) is 5.68. The van der Waals surface area contributed by atoms with E-state index in [0.29, 0.717) is 0 Å². The van der Waals surface area contributed by atoms with Crippen LogP contribution in [0.1, 0.15) is 21.1 Å². The number of halogens is 6. The van der Waals surface area contributed by atoms with Crippen LogP contribution in [0.4, 0.5) is 27.6 Å². The predicted octanol–water partition coefficient (Wildman–Crippen LogP) is 6.32. The molecule has 3 nitrogen and oxygen atoms in total. The molecule has 0 spiro atoms. The Bertz CT molecular complexity index is 1040. The van der Waals surface area contributed by atoms with Crippen LogP contribution in [0.3, 0.4) is 0 Å². The molecule has 0 unspecified atom stereocenters. The first kappa shape index (κ1) is 20.2. The number of carbonyl (C=O) groups excluding carboxylic acids is 1. The summed E-state index contributed by atoms with van der Waals surface area (Å²) in [5.74, 6) is -2.84. The van der Waals surface area contributed by atoms with Gasteiger partial charge >= 0.3 is 6.18 Å². The van der Waals surface area contributed by atoms with E-state index in [1.165, 1.54) is 6.92 Å². The molecule has 0 atom stereocenters. The average molecular weight is 433 g/mol. The summed E-state index contributed by atoms with van der Waals surface area (Å²) >= 11 is 6.79. The third-order valence-electron chi connectivity index (χ3n) is 3.73. The van der Waals surface area contributed by atoms with Crippen molar-refractivity contribution >= 4 is 34.5 Å². The summed E-state index contributed by atoms with van der Waals surface area (Å²) in [6, 6.07) is 5.89. The van der Waals surface area contributed by atoms with E-state index < -0.39 is 35.0 Å². The Balaban J connectivity index is 1.97. The smallest absolute Gasteiger partial charge is 0.315 e. The van der Waals surface area contributed by atoms with Crippen LogP contribution in [0, 0.1) is 18.6 Å². The number of nitrogens with one attached hydrogen (secondary N) is 1. The molecule has 0 fully saturated rings. The first-order chi connectivity index (χ1) is 13.1. The highest BCUT2D eigenvalue weighted by Gasteiger charge is 2.31. The molecule has 1 amide bonds. The number of hydrogen-bond acceptors (Lipinski definition) is 3. The molecular formula is C18H10ClF5N2OS. The number of rotatable bonds is 3. The van der Waals surface area contributed by atoms with Gasteiger partial charge in [0.25, 0.3) is 5.91 Å². The normalized spacial score (nSPS) is 11.5. The number of aryl methyl sites for hydroxylation is 1. The van der Waals surface area contributed by atoms with Crippen molar-refractivity contribution in [2.75, 3.05) is 5.32 Å². The Morgan fingerprint density at radius 2 is 1.79 bits per heavy atom. The number of benzene rings is 2. The Kier molecular flexibility index (Phi) is 5.40. The van der Waals surface area contributed by atoms with E-state index >= 15 is 0 Å². The first-order valence-electron chi connectivity index (χ1n) is 7.68. The molecule has 0 radical (unpaired) electrons. The summed E-state index contributed by atoms with van der Waals surface area (Å²) in [4.78, 5) is 16.6. The van der Waals surface area contributed by atoms with Crippen LogP contribution in [0.2, 0.25) is 5.02 Å². The minimum Gasteiger partial charge on any atom is -0.315 e. The van der Waals surface area contributed by atoms with Crippen LogP contribution in [0.15, 0.2) is 36.4 Å². The molecule has 1 aromatic heterocycles. The van der Waals surface area contributed by atoms with Gasteiger partial charge in [0.2, 0.25) is 0 Å². The minimum atomic E-state index is -4.57. The summed E-state index contributed by atoms with van der Waals surface area (Å²) < 4.78 is 66.3. The standard InChI is InChI=1S/C18H10ClF5N2OS/c1-8-15(10-7-9(18(22,23)24)5-6-11(10)19)28-17(25-8)16(27)26-14-12(20)3-2-4-13(14)21/h2-7H,1H3,(H,26,27). The molecule has 3 aromatic rings. The predicted molar refractivity (Wildman–Crippen MR) is 96.6 cm³/mol. The summed E-state index contributed by atoms with van der Waals surface area (Å²) in [6.07, 6.45) is -4.57. The van der Waals surface area contributed by atoms with Gasteiger partial charge in [-0.15, -0.1) is 11.3 Å². The fourth-order valence-electron chi connectivity index (χ4n) is 2.40. The van der Waals surface area contributed by atoms with Gasteiger partial charge in [0.1, 0.15) is 17.3 Å². The molecular weight excluding hydrogens is 423 g/mol. The van der Waals surface area contributed by atoms with Gasteiger partial charge in [0, 0.05) is 10.6 Å². The van der Waals surface area contributed by atoms with Crippen LogP contribution >= 0.6 is 22.9 Å². The Hall–Kier alpha value is -2.52. The maximum Gasteiger partial charge on any atom is 0.416 e. The van der Waals surface area contributed by atoms with Crippen LogP contribution in [0.5, 0.6) is 0 Å². The lowest BCUT2D eigenvalue weighted by Gasteiger charge is -2.09. The number of nitrogens with zero attached hydrogens (tertiary/aromatic N) is 1. The molecule has 10 heteroatoms. The minimum absolute atomic E-state index is 0.0480. The van der Waals surface area contributed by atoms with E-state index in [1.54, 1.807) is 0 Å². The number of aromatic nitrogens is 1. The zero-order valence-electron chi connectivity index (χ0n) is 14.0. The van der Waals surface area contributed by atoms with Gasteiger partial charge < -0.3 is 5.32 Å². The van der Waals surface area contributed by atoms with Gasteiger partial charge in [-0.05, 0) is 37.3 Å². The molecule has 1 heterocycles. The molecule has 3 rings (SSSR count). The van der Waals surface area contributed by atoms with Gasteiger partial charge in [0.05, 0.1) is 16.1 Å². The monoisotopic (exact) mass is 432 g/mol. The van der Waals surface area contributed by atoms with Crippen LogP contribution in [-0.2, 0) is 6.18 Å². The molecule has 0 bridgehead atoms. The van der Waals surface area contributed by atoms with Gasteiger partial charge in [0.15, 0.2) is 5.01 Å². The van der Waals surface area contributed by atoms with Crippen molar-refractivity contribution in [2.45, 2.75) is 13.1 Å². The lowest BCUT2D eigenvalue weighted by atomic mass is 10.1. The third-order valence-corrected chi connectivity index (χ3v) is 5.25. The van der Waals surface area contributed by atoms with Crippen molar-refractivity contribution < 1.29 is 26.7 Å². The Morgan fingerprint density at radius 3 is 2.39 bits per heavy atom. The Labute approximate surface area is 164 Å². The van der Waals surface area contributed by atoms with E-state index in [9.17, 15) is 26.7 Å². The highest BCUT2D eigenvalue weighted by atomic mass is 35.5.